The van der Waals surface area contributed by atoms with E-state index in [1.165, 1.54) is 12.6 Å². The van der Waals surface area contributed by atoms with Crippen molar-refractivity contribution in [1.29, 1.82) is 0 Å². The van der Waals surface area contributed by atoms with Crippen molar-refractivity contribution in [2.75, 3.05) is 0 Å². The zero-order valence-corrected chi connectivity index (χ0v) is 12.5. The second-order valence-corrected chi connectivity index (χ2v) is 5.38. The van der Waals surface area contributed by atoms with Crippen LogP contribution < -0.4 is 16.6 Å². The highest BCUT2D eigenvalue weighted by Gasteiger charge is 2.17. The number of aromatic nitrogens is 3. The molecule has 3 aromatic rings. The van der Waals surface area contributed by atoms with Gasteiger partial charge in [0, 0.05) is 0 Å². The monoisotopic (exact) mass is 333 g/mol. The van der Waals surface area contributed by atoms with Crippen LogP contribution in [0.15, 0.2) is 33.9 Å². The van der Waals surface area contributed by atoms with E-state index >= 15 is 0 Å². The minimum absolute atomic E-state index is 0.0449. The van der Waals surface area contributed by atoms with E-state index in [0.29, 0.717) is 5.76 Å². The molecule has 118 valence electrons. The number of furan rings is 1. The van der Waals surface area contributed by atoms with Crippen LogP contribution >= 0.6 is 11.5 Å². The summed E-state index contributed by atoms with van der Waals surface area (Å²) in [5, 5.41) is 2.63. The molecule has 3 N–H and O–H groups in total. The summed E-state index contributed by atoms with van der Waals surface area (Å²) in [4.78, 5) is 39.3. The molecule has 9 nitrogen and oxygen atoms in total. The van der Waals surface area contributed by atoms with Crippen LogP contribution in [0.4, 0.5) is 0 Å². The molecule has 0 atom stereocenters. The molecule has 2 amide bonds. The van der Waals surface area contributed by atoms with Gasteiger partial charge in [-0.1, -0.05) is 0 Å². The van der Waals surface area contributed by atoms with Gasteiger partial charge in [0.05, 0.1) is 19.1 Å². The van der Waals surface area contributed by atoms with Crippen molar-refractivity contribution < 1.29 is 14.0 Å². The summed E-state index contributed by atoms with van der Waals surface area (Å²) in [5.74, 6) is -0.519. The molecule has 3 rings (SSSR count). The van der Waals surface area contributed by atoms with E-state index in [2.05, 4.69) is 14.7 Å². The molecule has 0 saturated carbocycles. The van der Waals surface area contributed by atoms with Gasteiger partial charge in [0.25, 0.3) is 11.5 Å². The van der Waals surface area contributed by atoms with Gasteiger partial charge in [-0.05, 0) is 23.7 Å². The summed E-state index contributed by atoms with van der Waals surface area (Å²) >= 11 is 0.828. The standard InChI is InChI=1S/C13H11N5O4S/c14-12(20)10-9-11(23-17-10)13(21)18(6-16-9)5-8(19)15-4-7-2-1-3-22-7/h1-3,6H,4-5H2,(H2,14,20)(H,15,19). The van der Waals surface area contributed by atoms with E-state index in [1.54, 1.807) is 12.1 Å². The number of nitrogens with two attached hydrogens (primary N) is 1. The van der Waals surface area contributed by atoms with Crippen molar-refractivity contribution in [3.05, 3.63) is 46.5 Å². The van der Waals surface area contributed by atoms with Gasteiger partial charge in [-0.15, -0.1) is 0 Å². The maximum atomic E-state index is 12.3. The largest absolute Gasteiger partial charge is 0.467 e. The van der Waals surface area contributed by atoms with Crippen LogP contribution in [0.1, 0.15) is 16.2 Å². The number of carbonyl (C=O) groups is 2. The number of hydrogen-bond acceptors (Lipinski definition) is 7. The number of rotatable bonds is 5. The first kappa shape index (κ1) is 14.9. The van der Waals surface area contributed by atoms with Gasteiger partial charge in [0.15, 0.2) is 5.69 Å². The molecule has 23 heavy (non-hydrogen) atoms. The molecular weight excluding hydrogens is 322 g/mol. The average Bonchev–Trinajstić information content (AvgIpc) is 3.17. The number of hydrogen-bond donors (Lipinski definition) is 2. The quantitative estimate of drug-likeness (QED) is 0.667. The molecule has 0 aliphatic carbocycles. The molecule has 0 bridgehead atoms. The van der Waals surface area contributed by atoms with Crippen LogP contribution in [0.25, 0.3) is 10.2 Å². The van der Waals surface area contributed by atoms with Gasteiger partial charge in [-0.25, -0.2) is 4.98 Å². The Hall–Kier alpha value is -3.01. The van der Waals surface area contributed by atoms with Gasteiger partial charge >= 0.3 is 0 Å². The Kier molecular flexibility index (Phi) is 3.89. The maximum Gasteiger partial charge on any atom is 0.273 e. The van der Waals surface area contributed by atoms with E-state index in [-0.39, 0.29) is 34.9 Å². The minimum Gasteiger partial charge on any atom is -0.467 e. The van der Waals surface area contributed by atoms with Crippen LogP contribution in [-0.4, -0.2) is 25.7 Å². The van der Waals surface area contributed by atoms with Crippen LogP contribution in [0.2, 0.25) is 0 Å². The number of nitrogens with one attached hydrogen (secondary N) is 1. The van der Waals surface area contributed by atoms with Crippen molar-refractivity contribution in [2.45, 2.75) is 13.1 Å². The lowest BCUT2D eigenvalue weighted by Crippen LogP contribution is -2.32. The van der Waals surface area contributed by atoms with Crippen LogP contribution in [-0.2, 0) is 17.9 Å². The molecule has 0 spiro atoms. The van der Waals surface area contributed by atoms with Gasteiger partial charge in [0.2, 0.25) is 5.91 Å². The Morgan fingerprint density at radius 1 is 1.43 bits per heavy atom. The van der Waals surface area contributed by atoms with E-state index in [1.807, 2.05) is 0 Å². The van der Waals surface area contributed by atoms with E-state index in [4.69, 9.17) is 10.2 Å². The summed E-state index contributed by atoms with van der Waals surface area (Å²) in [6.45, 7) is 0.0227. The Bertz CT molecular complexity index is 928. The van der Waals surface area contributed by atoms with Gasteiger partial charge in [-0.2, -0.15) is 4.37 Å². The van der Waals surface area contributed by atoms with Crippen LogP contribution in [0, 0.1) is 0 Å². The van der Waals surface area contributed by atoms with E-state index in [9.17, 15) is 14.4 Å². The van der Waals surface area contributed by atoms with Crippen molar-refractivity contribution >= 4 is 33.6 Å². The highest BCUT2D eigenvalue weighted by Crippen LogP contribution is 2.15. The molecule has 0 saturated heterocycles. The van der Waals surface area contributed by atoms with Crippen LogP contribution in [0.3, 0.4) is 0 Å². The molecule has 3 aromatic heterocycles. The summed E-state index contributed by atoms with van der Waals surface area (Å²) in [5.41, 5.74) is 4.82. The maximum absolute atomic E-state index is 12.3. The zero-order valence-electron chi connectivity index (χ0n) is 11.7. The summed E-state index contributed by atoms with van der Waals surface area (Å²) in [6.07, 6.45) is 2.70. The van der Waals surface area contributed by atoms with Gasteiger partial charge in [-0.3, -0.25) is 19.0 Å². The lowest BCUT2D eigenvalue weighted by atomic mass is 10.3. The Morgan fingerprint density at radius 2 is 2.26 bits per heavy atom. The zero-order chi connectivity index (χ0) is 16.4. The van der Waals surface area contributed by atoms with Crippen molar-refractivity contribution in [3.8, 4) is 0 Å². The summed E-state index contributed by atoms with van der Waals surface area (Å²) in [7, 11) is 0. The minimum atomic E-state index is -0.753. The normalized spacial score (nSPS) is 10.8. The first-order valence-corrected chi connectivity index (χ1v) is 7.27. The first-order chi connectivity index (χ1) is 11.1. The third kappa shape index (κ3) is 2.97. The summed E-state index contributed by atoms with van der Waals surface area (Å²) in [6, 6.07) is 3.44. The number of primary amides is 1. The number of carbonyl (C=O) groups excluding carboxylic acids is 2. The molecule has 10 heteroatoms. The lowest BCUT2D eigenvalue weighted by Gasteiger charge is -2.05. The lowest BCUT2D eigenvalue weighted by molar-refractivity contribution is -0.122. The smallest absolute Gasteiger partial charge is 0.273 e. The molecule has 0 fully saturated rings. The van der Waals surface area contributed by atoms with E-state index < -0.39 is 11.5 Å². The summed E-state index contributed by atoms with van der Waals surface area (Å²) < 4.78 is 10.2. The molecule has 0 aliphatic heterocycles. The van der Waals surface area contributed by atoms with Gasteiger partial charge in [0.1, 0.15) is 22.5 Å². The fourth-order valence-corrected chi connectivity index (χ4v) is 2.73. The SMILES string of the molecule is NC(=O)c1nsc2c(=O)n(CC(=O)NCc3ccco3)cnc12. The molecule has 0 aromatic carbocycles. The number of nitrogens with zero attached hydrogens (tertiary/aromatic N) is 3. The highest BCUT2D eigenvalue weighted by atomic mass is 32.1. The highest BCUT2D eigenvalue weighted by molar-refractivity contribution is 7.13. The third-order valence-electron chi connectivity index (χ3n) is 3.04. The van der Waals surface area contributed by atoms with Crippen LogP contribution in [0.5, 0.6) is 0 Å². The Morgan fingerprint density at radius 3 is 2.96 bits per heavy atom. The number of amides is 2. The third-order valence-corrected chi connectivity index (χ3v) is 3.86. The van der Waals surface area contributed by atoms with Crippen molar-refractivity contribution in [3.63, 3.8) is 0 Å². The predicted octanol–water partition coefficient (Wildman–Crippen LogP) is -0.139. The molecule has 0 aliphatic rings. The van der Waals surface area contributed by atoms with Crippen molar-refractivity contribution in [1.82, 2.24) is 19.2 Å². The topological polar surface area (TPSA) is 133 Å². The first-order valence-electron chi connectivity index (χ1n) is 6.50. The molecule has 0 unspecified atom stereocenters. The molecule has 0 radical (unpaired) electrons. The fourth-order valence-electron chi connectivity index (χ4n) is 1.94. The second-order valence-electron chi connectivity index (χ2n) is 4.61. The van der Waals surface area contributed by atoms with E-state index in [0.717, 1.165) is 16.1 Å². The Balaban J connectivity index is 1.78. The Labute approximate surface area is 132 Å². The predicted molar refractivity (Wildman–Crippen MR) is 80.7 cm³/mol. The number of fused-ring (bicyclic) bond motifs is 1. The molecule has 3 heterocycles. The van der Waals surface area contributed by atoms with Crippen molar-refractivity contribution in [2.24, 2.45) is 5.73 Å². The fraction of sp³-hybridized carbons (Fsp3) is 0.154. The second kappa shape index (κ2) is 6.01. The average molecular weight is 333 g/mol. The molecular formula is C13H11N5O4S. The van der Waals surface area contributed by atoms with Gasteiger partial charge < -0.3 is 15.5 Å².